The molecule has 0 atom stereocenters. The first-order chi connectivity index (χ1) is 12.2. The highest BCUT2D eigenvalue weighted by Crippen LogP contribution is 2.22. The molecule has 25 heavy (non-hydrogen) atoms. The van der Waals surface area contributed by atoms with Crippen molar-refractivity contribution in [1.29, 1.82) is 0 Å². The van der Waals surface area contributed by atoms with E-state index in [1.54, 1.807) is 11.8 Å². The summed E-state index contributed by atoms with van der Waals surface area (Å²) in [5.41, 5.74) is 4.22. The molecule has 3 heteroatoms. The largest absolute Gasteiger partial charge is 0.348 e. The van der Waals surface area contributed by atoms with Crippen LogP contribution < -0.4 is 5.32 Å². The van der Waals surface area contributed by atoms with E-state index in [0.29, 0.717) is 12.1 Å². The molecular formula is C22H21NOS. The molecule has 1 amide bonds. The molecule has 3 aromatic rings. The van der Waals surface area contributed by atoms with Gasteiger partial charge in [0.05, 0.1) is 0 Å². The van der Waals surface area contributed by atoms with Crippen LogP contribution in [0.5, 0.6) is 0 Å². The summed E-state index contributed by atoms with van der Waals surface area (Å²) in [5, 5.41) is 2.98. The molecule has 2 nitrogen and oxygen atoms in total. The molecule has 0 saturated heterocycles. The zero-order valence-electron chi connectivity index (χ0n) is 14.2. The predicted octanol–water partition coefficient (Wildman–Crippen LogP) is 5.22. The molecule has 0 radical (unpaired) electrons. The Morgan fingerprint density at radius 1 is 0.880 bits per heavy atom. The minimum Gasteiger partial charge on any atom is -0.348 e. The van der Waals surface area contributed by atoms with Gasteiger partial charge in [0.2, 0.25) is 0 Å². The van der Waals surface area contributed by atoms with E-state index < -0.39 is 0 Å². The van der Waals surface area contributed by atoms with Gasteiger partial charge in [-0.2, -0.15) is 0 Å². The lowest BCUT2D eigenvalue weighted by molar-refractivity contribution is 0.0951. The maximum absolute atomic E-state index is 12.3. The smallest absolute Gasteiger partial charge is 0.251 e. The molecule has 0 spiro atoms. The highest BCUT2D eigenvalue weighted by atomic mass is 32.2. The number of carbonyl (C=O) groups excluding carboxylic acids is 1. The first kappa shape index (κ1) is 17.3. The van der Waals surface area contributed by atoms with Gasteiger partial charge in [-0.15, -0.1) is 11.8 Å². The number of hydrogen-bond acceptors (Lipinski definition) is 2. The molecule has 0 fully saturated rings. The highest BCUT2D eigenvalue weighted by molar-refractivity contribution is 7.98. The van der Waals surface area contributed by atoms with Crippen LogP contribution in [0.3, 0.4) is 0 Å². The molecular weight excluding hydrogens is 326 g/mol. The van der Waals surface area contributed by atoms with Crippen LogP contribution in [-0.2, 0) is 12.3 Å². The van der Waals surface area contributed by atoms with Crippen molar-refractivity contribution in [2.45, 2.75) is 24.1 Å². The summed E-state index contributed by atoms with van der Waals surface area (Å²) in [7, 11) is 0. The number of aryl methyl sites for hydroxylation is 1. The Kier molecular flexibility index (Phi) is 5.91. The van der Waals surface area contributed by atoms with Gasteiger partial charge in [0.25, 0.3) is 5.91 Å². The SMILES string of the molecule is Cc1cccc(CNC(=O)c2ccc(CSc3ccccc3)cc2)c1. The molecule has 1 N–H and O–H groups in total. The molecule has 0 aromatic heterocycles. The van der Waals surface area contributed by atoms with E-state index in [-0.39, 0.29) is 5.91 Å². The van der Waals surface area contributed by atoms with Crippen molar-refractivity contribution in [3.05, 3.63) is 101 Å². The zero-order valence-corrected chi connectivity index (χ0v) is 15.1. The first-order valence-corrected chi connectivity index (χ1v) is 9.30. The average molecular weight is 347 g/mol. The number of nitrogens with one attached hydrogen (secondary N) is 1. The van der Waals surface area contributed by atoms with Crippen LogP contribution in [0.15, 0.2) is 83.8 Å². The molecule has 0 aliphatic carbocycles. The third kappa shape index (κ3) is 5.23. The van der Waals surface area contributed by atoms with Gasteiger partial charge in [0.15, 0.2) is 0 Å². The quantitative estimate of drug-likeness (QED) is 0.620. The second kappa shape index (κ2) is 8.54. The normalized spacial score (nSPS) is 10.4. The number of hydrogen-bond donors (Lipinski definition) is 1. The summed E-state index contributed by atoms with van der Waals surface area (Å²) >= 11 is 1.80. The van der Waals surface area contributed by atoms with Crippen molar-refractivity contribution in [3.8, 4) is 0 Å². The minimum absolute atomic E-state index is 0.0382. The lowest BCUT2D eigenvalue weighted by Gasteiger charge is -2.07. The summed E-state index contributed by atoms with van der Waals surface area (Å²) in [5.74, 6) is 0.860. The summed E-state index contributed by atoms with van der Waals surface area (Å²) in [4.78, 5) is 13.5. The van der Waals surface area contributed by atoms with Crippen molar-refractivity contribution in [2.75, 3.05) is 0 Å². The summed E-state index contributed by atoms with van der Waals surface area (Å²) in [6.45, 7) is 2.60. The van der Waals surface area contributed by atoms with E-state index in [1.165, 1.54) is 16.0 Å². The molecule has 0 unspecified atom stereocenters. The van der Waals surface area contributed by atoms with E-state index in [2.05, 4.69) is 36.5 Å². The monoisotopic (exact) mass is 347 g/mol. The van der Waals surface area contributed by atoms with Crippen LogP contribution in [0.25, 0.3) is 0 Å². The fraction of sp³-hybridized carbons (Fsp3) is 0.136. The molecule has 126 valence electrons. The van der Waals surface area contributed by atoms with E-state index in [4.69, 9.17) is 0 Å². The van der Waals surface area contributed by atoms with Gasteiger partial charge in [0.1, 0.15) is 0 Å². The summed E-state index contributed by atoms with van der Waals surface area (Å²) < 4.78 is 0. The predicted molar refractivity (Wildman–Crippen MR) is 105 cm³/mol. The summed E-state index contributed by atoms with van der Waals surface area (Å²) in [6, 6.07) is 26.3. The molecule has 3 aromatic carbocycles. The Morgan fingerprint density at radius 2 is 1.64 bits per heavy atom. The van der Waals surface area contributed by atoms with E-state index in [0.717, 1.165) is 11.3 Å². The van der Waals surface area contributed by atoms with Crippen molar-refractivity contribution in [2.24, 2.45) is 0 Å². The maximum atomic E-state index is 12.3. The third-order valence-electron chi connectivity index (χ3n) is 3.90. The van der Waals surface area contributed by atoms with Crippen molar-refractivity contribution in [3.63, 3.8) is 0 Å². The average Bonchev–Trinajstić information content (AvgIpc) is 2.66. The Labute approximate surface area is 153 Å². The molecule has 3 rings (SSSR count). The van der Waals surface area contributed by atoms with Crippen LogP contribution in [0.1, 0.15) is 27.0 Å². The molecule has 0 bridgehead atoms. The van der Waals surface area contributed by atoms with Crippen LogP contribution in [0.2, 0.25) is 0 Å². The second-order valence-electron chi connectivity index (χ2n) is 5.97. The van der Waals surface area contributed by atoms with Crippen LogP contribution in [0.4, 0.5) is 0 Å². The maximum Gasteiger partial charge on any atom is 0.251 e. The lowest BCUT2D eigenvalue weighted by atomic mass is 10.1. The zero-order chi connectivity index (χ0) is 17.5. The first-order valence-electron chi connectivity index (χ1n) is 8.31. The number of thioether (sulfide) groups is 1. The van der Waals surface area contributed by atoms with E-state index in [1.807, 2.05) is 54.6 Å². The topological polar surface area (TPSA) is 29.1 Å². The Hall–Kier alpha value is -2.52. The van der Waals surface area contributed by atoms with Gasteiger partial charge in [-0.3, -0.25) is 4.79 Å². The molecule has 0 saturated carbocycles. The molecule has 0 aliphatic rings. The standard InChI is InChI=1S/C22H21NOS/c1-17-6-5-7-19(14-17)15-23-22(24)20-12-10-18(11-13-20)16-25-21-8-3-2-4-9-21/h2-14H,15-16H2,1H3,(H,23,24). The number of carbonyl (C=O) groups is 1. The van der Waals surface area contributed by atoms with Gasteiger partial charge in [0, 0.05) is 22.8 Å². The Bertz CT molecular complexity index is 828. The number of amides is 1. The Morgan fingerprint density at radius 3 is 2.36 bits per heavy atom. The lowest BCUT2D eigenvalue weighted by Crippen LogP contribution is -2.22. The van der Waals surface area contributed by atoms with Gasteiger partial charge >= 0.3 is 0 Å². The van der Waals surface area contributed by atoms with E-state index in [9.17, 15) is 4.79 Å². The molecule has 0 heterocycles. The summed E-state index contributed by atoms with van der Waals surface area (Å²) in [6.07, 6.45) is 0. The van der Waals surface area contributed by atoms with Crippen molar-refractivity contribution >= 4 is 17.7 Å². The van der Waals surface area contributed by atoms with E-state index >= 15 is 0 Å². The second-order valence-corrected chi connectivity index (χ2v) is 7.02. The van der Waals surface area contributed by atoms with Gasteiger partial charge < -0.3 is 5.32 Å². The third-order valence-corrected chi connectivity index (χ3v) is 4.98. The molecule has 0 aliphatic heterocycles. The van der Waals surface area contributed by atoms with Gasteiger partial charge in [-0.05, 0) is 42.3 Å². The number of rotatable bonds is 6. The fourth-order valence-corrected chi connectivity index (χ4v) is 3.42. The van der Waals surface area contributed by atoms with Gasteiger partial charge in [-0.1, -0.05) is 60.2 Å². The Balaban J connectivity index is 1.53. The van der Waals surface area contributed by atoms with Crippen molar-refractivity contribution < 1.29 is 4.79 Å². The number of benzene rings is 3. The fourth-order valence-electron chi connectivity index (χ4n) is 2.54. The van der Waals surface area contributed by atoms with Crippen LogP contribution >= 0.6 is 11.8 Å². The highest BCUT2D eigenvalue weighted by Gasteiger charge is 2.05. The van der Waals surface area contributed by atoms with Crippen molar-refractivity contribution in [1.82, 2.24) is 5.32 Å². The van der Waals surface area contributed by atoms with Crippen LogP contribution in [0, 0.1) is 6.92 Å². The van der Waals surface area contributed by atoms with Crippen LogP contribution in [-0.4, -0.2) is 5.91 Å². The van der Waals surface area contributed by atoms with Gasteiger partial charge in [-0.25, -0.2) is 0 Å². The minimum atomic E-state index is -0.0382.